The number of aryl methyl sites for hydroxylation is 1. The minimum absolute atomic E-state index is 0.138. The van der Waals surface area contributed by atoms with Gasteiger partial charge < -0.3 is 9.80 Å². The molecule has 1 aromatic heterocycles. The molecular formula is C24H25FN4O2. The van der Waals surface area contributed by atoms with Crippen molar-refractivity contribution in [1.29, 1.82) is 0 Å². The summed E-state index contributed by atoms with van der Waals surface area (Å²) in [6.45, 7) is 2.02. The highest BCUT2D eigenvalue weighted by Gasteiger charge is 2.26. The third-order valence-corrected chi connectivity index (χ3v) is 5.58. The zero-order valence-electron chi connectivity index (χ0n) is 17.3. The average Bonchev–Trinajstić information content (AvgIpc) is 3.30. The summed E-state index contributed by atoms with van der Waals surface area (Å²) < 4.78 is 14.9. The van der Waals surface area contributed by atoms with Crippen LogP contribution in [0.25, 0.3) is 5.69 Å². The van der Waals surface area contributed by atoms with E-state index in [-0.39, 0.29) is 17.6 Å². The van der Waals surface area contributed by atoms with Gasteiger partial charge in [0.2, 0.25) is 5.91 Å². The van der Waals surface area contributed by atoms with Gasteiger partial charge in [-0.1, -0.05) is 30.3 Å². The van der Waals surface area contributed by atoms with E-state index in [1.807, 2.05) is 23.1 Å². The molecule has 0 radical (unpaired) electrons. The number of rotatable bonds is 6. The van der Waals surface area contributed by atoms with E-state index < -0.39 is 0 Å². The van der Waals surface area contributed by atoms with E-state index >= 15 is 0 Å². The molecule has 160 valence electrons. The second kappa shape index (κ2) is 9.55. The number of imidazole rings is 1. The van der Waals surface area contributed by atoms with Gasteiger partial charge in [-0.3, -0.25) is 14.2 Å². The fourth-order valence-electron chi connectivity index (χ4n) is 3.83. The summed E-state index contributed by atoms with van der Waals surface area (Å²) in [7, 11) is 0. The van der Waals surface area contributed by atoms with Crippen LogP contribution in [-0.2, 0) is 11.2 Å². The first kappa shape index (κ1) is 20.8. The number of nitrogens with zero attached hydrogens (tertiary/aromatic N) is 4. The number of aromatic nitrogens is 2. The van der Waals surface area contributed by atoms with Crippen molar-refractivity contribution in [2.45, 2.75) is 19.3 Å². The molecule has 6 nitrogen and oxygen atoms in total. The van der Waals surface area contributed by atoms with Gasteiger partial charge in [-0.25, -0.2) is 9.37 Å². The maximum atomic E-state index is 13.2. The fourth-order valence-corrected chi connectivity index (χ4v) is 3.83. The van der Waals surface area contributed by atoms with Gasteiger partial charge in [-0.05, 0) is 42.7 Å². The van der Waals surface area contributed by atoms with Gasteiger partial charge in [0.25, 0.3) is 5.91 Å². The number of amides is 2. The molecule has 2 aromatic carbocycles. The van der Waals surface area contributed by atoms with E-state index in [0.717, 1.165) is 12.8 Å². The maximum Gasteiger partial charge on any atom is 0.272 e. The summed E-state index contributed by atoms with van der Waals surface area (Å²) in [5.74, 6) is -0.335. The molecule has 1 aliphatic rings. The van der Waals surface area contributed by atoms with Crippen molar-refractivity contribution in [3.63, 3.8) is 0 Å². The molecule has 1 aliphatic heterocycles. The van der Waals surface area contributed by atoms with Crippen LogP contribution in [0.5, 0.6) is 0 Å². The lowest BCUT2D eigenvalue weighted by molar-refractivity contribution is -0.132. The average molecular weight is 420 g/mol. The Morgan fingerprint density at radius 2 is 1.58 bits per heavy atom. The van der Waals surface area contributed by atoms with Crippen molar-refractivity contribution in [1.82, 2.24) is 19.4 Å². The standard InChI is InChI=1S/C24H25FN4O2/c25-20-9-11-21(12-10-20)29-18-26-17-22(29)24(31)28-15-13-27(14-16-28)23(30)8-4-7-19-5-2-1-3-6-19/h1-3,5-6,9-12,17-18H,4,7-8,13-16H2. The van der Waals surface area contributed by atoms with E-state index in [4.69, 9.17) is 0 Å². The molecule has 0 unspecified atom stereocenters. The summed E-state index contributed by atoms with van der Waals surface area (Å²) in [5.41, 5.74) is 2.34. The molecule has 1 fully saturated rings. The minimum Gasteiger partial charge on any atom is -0.339 e. The minimum atomic E-state index is -0.332. The largest absolute Gasteiger partial charge is 0.339 e. The summed E-state index contributed by atoms with van der Waals surface area (Å²) in [5, 5.41) is 0. The Kier molecular flexibility index (Phi) is 6.40. The molecule has 0 bridgehead atoms. The molecule has 1 saturated heterocycles. The first-order valence-electron chi connectivity index (χ1n) is 10.5. The molecule has 0 atom stereocenters. The highest BCUT2D eigenvalue weighted by atomic mass is 19.1. The van der Waals surface area contributed by atoms with Crippen LogP contribution in [0.15, 0.2) is 67.1 Å². The number of carbonyl (C=O) groups excluding carboxylic acids is 2. The predicted molar refractivity (Wildman–Crippen MR) is 115 cm³/mol. The van der Waals surface area contributed by atoms with Gasteiger partial charge in [0, 0.05) is 38.3 Å². The van der Waals surface area contributed by atoms with Crippen LogP contribution >= 0.6 is 0 Å². The van der Waals surface area contributed by atoms with Gasteiger partial charge in [-0.15, -0.1) is 0 Å². The molecule has 0 aliphatic carbocycles. The number of hydrogen-bond donors (Lipinski definition) is 0. The Bertz CT molecular complexity index is 1030. The smallest absolute Gasteiger partial charge is 0.272 e. The van der Waals surface area contributed by atoms with E-state index in [1.165, 1.54) is 23.9 Å². The van der Waals surface area contributed by atoms with Crippen molar-refractivity contribution in [2.24, 2.45) is 0 Å². The van der Waals surface area contributed by atoms with Crippen LogP contribution in [0.4, 0.5) is 4.39 Å². The van der Waals surface area contributed by atoms with Gasteiger partial charge in [0.1, 0.15) is 11.5 Å². The Balaban J connectivity index is 1.30. The SMILES string of the molecule is O=C(CCCc1ccccc1)N1CCN(C(=O)c2cncn2-c2ccc(F)cc2)CC1. The lowest BCUT2D eigenvalue weighted by Crippen LogP contribution is -2.50. The molecule has 2 amide bonds. The first-order chi connectivity index (χ1) is 15.1. The summed E-state index contributed by atoms with van der Waals surface area (Å²) in [6.07, 6.45) is 5.29. The normalized spacial score (nSPS) is 14.0. The van der Waals surface area contributed by atoms with Crippen LogP contribution in [0.3, 0.4) is 0 Å². The van der Waals surface area contributed by atoms with Crippen molar-refractivity contribution in [3.05, 3.63) is 84.2 Å². The Morgan fingerprint density at radius 1 is 0.903 bits per heavy atom. The summed E-state index contributed by atoms with van der Waals surface area (Å²) in [4.78, 5) is 33.2. The number of halogens is 1. The first-order valence-corrected chi connectivity index (χ1v) is 10.5. The Hall–Kier alpha value is -3.48. The molecule has 4 rings (SSSR count). The highest BCUT2D eigenvalue weighted by molar-refractivity contribution is 5.93. The monoisotopic (exact) mass is 420 g/mol. The second-order valence-corrected chi connectivity index (χ2v) is 7.64. The van der Waals surface area contributed by atoms with Gasteiger partial charge in [-0.2, -0.15) is 0 Å². The third kappa shape index (κ3) is 4.99. The maximum absolute atomic E-state index is 13.2. The Morgan fingerprint density at radius 3 is 2.29 bits per heavy atom. The molecular weight excluding hydrogens is 395 g/mol. The molecule has 31 heavy (non-hydrogen) atoms. The number of carbonyl (C=O) groups is 2. The molecule has 0 spiro atoms. The van der Waals surface area contributed by atoms with Gasteiger partial charge in [0.05, 0.1) is 12.5 Å². The molecule has 0 N–H and O–H groups in total. The summed E-state index contributed by atoms with van der Waals surface area (Å²) in [6, 6.07) is 16.1. The van der Waals surface area contributed by atoms with Gasteiger partial charge >= 0.3 is 0 Å². The van der Waals surface area contributed by atoms with Crippen molar-refractivity contribution >= 4 is 11.8 Å². The van der Waals surface area contributed by atoms with Crippen LogP contribution < -0.4 is 0 Å². The third-order valence-electron chi connectivity index (χ3n) is 5.58. The number of piperazine rings is 1. The van der Waals surface area contributed by atoms with E-state index in [9.17, 15) is 14.0 Å². The molecule has 0 saturated carbocycles. The van der Waals surface area contributed by atoms with Crippen LogP contribution in [0.2, 0.25) is 0 Å². The van der Waals surface area contributed by atoms with Crippen molar-refractivity contribution in [3.8, 4) is 5.69 Å². The van der Waals surface area contributed by atoms with E-state index in [1.54, 1.807) is 27.9 Å². The van der Waals surface area contributed by atoms with Crippen molar-refractivity contribution < 1.29 is 14.0 Å². The molecule has 3 aromatic rings. The van der Waals surface area contributed by atoms with E-state index in [2.05, 4.69) is 17.1 Å². The highest BCUT2D eigenvalue weighted by Crippen LogP contribution is 2.16. The second-order valence-electron chi connectivity index (χ2n) is 7.64. The lowest BCUT2D eigenvalue weighted by atomic mass is 10.1. The van der Waals surface area contributed by atoms with Crippen LogP contribution in [-0.4, -0.2) is 57.3 Å². The van der Waals surface area contributed by atoms with Gasteiger partial charge in [0.15, 0.2) is 0 Å². The zero-order chi connectivity index (χ0) is 21.6. The predicted octanol–water partition coefficient (Wildman–Crippen LogP) is 3.32. The Labute approximate surface area is 180 Å². The quantitative estimate of drug-likeness (QED) is 0.615. The summed E-state index contributed by atoms with van der Waals surface area (Å²) >= 11 is 0. The molecule has 2 heterocycles. The van der Waals surface area contributed by atoms with Crippen LogP contribution in [0.1, 0.15) is 28.9 Å². The van der Waals surface area contributed by atoms with E-state index in [0.29, 0.717) is 44.0 Å². The number of benzene rings is 2. The topological polar surface area (TPSA) is 58.4 Å². The zero-order valence-corrected chi connectivity index (χ0v) is 17.3. The lowest BCUT2D eigenvalue weighted by Gasteiger charge is -2.35. The molecule has 7 heteroatoms. The fraction of sp³-hybridized carbons (Fsp3) is 0.292. The number of hydrogen-bond acceptors (Lipinski definition) is 3. The van der Waals surface area contributed by atoms with Crippen molar-refractivity contribution in [2.75, 3.05) is 26.2 Å². The van der Waals surface area contributed by atoms with Crippen LogP contribution in [0, 0.1) is 5.82 Å².